The van der Waals surface area contributed by atoms with E-state index in [4.69, 9.17) is 4.74 Å². The molecule has 1 N–H and O–H groups in total. The molecule has 0 saturated carbocycles. The van der Waals surface area contributed by atoms with Gasteiger partial charge in [-0.25, -0.2) is 0 Å². The van der Waals surface area contributed by atoms with Gasteiger partial charge in [0.25, 0.3) is 0 Å². The molecule has 2 rings (SSSR count). The fourth-order valence-corrected chi connectivity index (χ4v) is 1.76. The number of para-hydroxylation sites is 1. The van der Waals surface area contributed by atoms with Gasteiger partial charge < -0.3 is 9.64 Å². The summed E-state index contributed by atoms with van der Waals surface area (Å²) in [6.07, 6.45) is 1.35. The van der Waals surface area contributed by atoms with Crippen LogP contribution in [0, 0.1) is 7.05 Å². The van der Waals surface area contributed by atoms with Crippen LogP contribution in [0.5, 0.6) is 5.75 Å². The summed E-state index contributed by atoms with van der Waals surface area (Å²) in [5, 5.41) is 0. The molecular formula is C11H15NO. The average Bonchev–Trinajstić information content (AvgIpc) is 2.44. The summed E-state index contributed by atoms with van der Waals surface area (Å²) in [5.74, 6) is 1.05. The Kier molecular flexibility index (Phi) is 2.23. The molecule has 0 fully saturated rings. The third kappa shape index (κ3) is 1.83. The molecule has 2 nitrogen and oxygen atoms in total. The number of quaternary nitrogens is 1. The smallest absolute Gasteiger partial charge is 0.149 e. The number of hydrogen-bond acceptors (Lipinski definition) is 1. The predicted octanol–water partition coefficient (Wildman–Crippen LogP) is 0.296. The van der Waals surface area contributed by atoms with E-state index in [1.165, 1.54) is 10.5 Å². The summed E-state index contributed by atoms with van der Waals surface area (Å²) >= 11 is 0. The minimum Gasteiger partial charge on any atom is -0.484 e. The molecule has 1 aromatic rings. The van der Waals surface area contributed by atoms with Crippen molar-refractivity contribution in [3.05, 3.63) is 36.9 Å². The lowest BCUT2D eigenvalue weighted by Crippen LogP contribution is -3.05. The van der Waals surface area contributed by atoms with Crippen molar-refractivity contribution >= 4 is 0 Å². The standard InChI is InChI=1S/C11H15NO/c1-12(2)8-10-7-9-5-3-4-6-11(9)13-10/h3-6,10,12H,1,7-8H2,2H3. The highest BCUT2D eigenvalue weighted by Gasteiger charge is 2.22. The van der Waals surface area contributed by atoms with Gasteiger partial charge in [-0.1, -0.05) is 18.2 Å². The van der Waals surface area contributed by atoms with Gasteiger partial charge in [0.1, 0.15) is 11.9 Å². The van der Waals surface area contributed by atoms with E-state index >= 15 is 0 Å². The molecule has 2 unspecified atom stereocenters. The maximum Gasteiger partial charge on any atom is 0.149 e. The molecule has 0 aliphatic carbocycles. The van der Waals surface area contributed by atoms with Gasteiger partial charge >= 0.3 is 0 Å². The lowest BCUT2D eigenvalue weighted by atomic mass is 10.1. The highest BCUT2D eigenvalue weighted by atomic mass is 16.5. The third-order valence-electron chi connectivity index (χ3n) is 2.29. The summed E-state index contributed by atoms with van der Waals surface area (Å²) < 4.78 is 5.76. The number of likely N-dealkylation sites (N-methyl/N-ethyl adjacent to an activating group) is 1. The molecule has 1 aromatic carbocycles. The quantitative estimate of drug-likeness (QED) is 0.641. The first-order valence-electron chi connectivity index (χ1n) is 4.64. The fourth-order valence-electron chi connectivity index (χ4n) is 1.76. The third-order valence-corrected chi connectivity index (χ3v) is 2.29. The molecule has 2 atom stereocenters. The Bertz CT molecular complexity index is 271. The van der Waals surface area contributed by atoms with Crippen molar-refractivity contribution in [2.24, 2.45) is 0 Å². The summed E-state index contributed by atoms with van der Waals surface area (Å²) in [7, 11) is 5.95. The van der Waals surface area contributed by atoms with Gasteiger partial charge in [-0.2, -0.15) is 7.05 Å². The fraction of sp³-hybridized carbons (Fsp3) is 0.364. The van der Waals surface area contributed by atoms with Crippen molar-refractivity contribution < 1.29 is 9.64 Å². The number of fused-ring (bicyclic) bond motifs is 1. The highest BCUT2D eigenvalue weighted by molar-refractivity contribution is 5.37. The number of ether oxygens (including phenoxy) is 1. The Balaban J connectivity index is 2.05. The average molecular weight is 177 g/mol. The van der Waals surface area contributed by atoms with Crippen LogP contribution in [0.1, 0.15) is 5.56 Å². The SMILES string of the molecule is [CH2-][NH+](C)CC1Cc2ccccc2O1. The van der Waals surface area contributed by atoms with Gasteiger partial charge in [-0.3, -0.25) is 0 Å². The van der Waals surface area contributed by atoms with E-state index in [2.05, 4.69) is 19.2 Å². The maximum atomic E-state index is 5.76. The monoisotopic (exact) mass is 177 g/mol. The Morgan fingerprint density at radius 3 is 3.00 bits per heavy atom. The molecule has 1 heterocycles. The summed E-state index contributed by atoms with van der Waals surface area (Å²) in [6.45, 7) is 0.967. The Labute approximate surface area is 79.1 Å². The van der Waals surface area contributed by atoms with Gasteiger partial charge in [-0.05, 0) is 11.6 Å². The first kappa shape index (κ1) is 8.57. The van der Waals surface area contributed by atoms with E-state index in [-0.39, 0.29) is 0 Å². The van der Waals surface area contributed by atoms with Crippen LogP contribution in [0.3, 0.4) is 0 Å². The van der Waals surface area contributed by atoms with Crippen LogP contribution in [0.15, 0.2) is 24.3 Å². The number of hydrogen-bond donors (Lipinski definition) is 1. The van der Waals surface area contributed by atoms with Crippen LogP contribution < -0.4 is 9.64 Å². The summed E-state index contributed by atoms with van der Waals surface area (Å²) in [4.78, 5) is 1.19. The zero-order valence-corrected chi connectivity index (χ0v) is 7.92. The zero-order valence-electron chi connectivity index (χ0n) is 7.92. The van der Waals surface area contributed by atoms with E-state index in [9.17, 15) is 0 Å². The Morgan fingerprint density at radius 1 is 1.54 bits per heavy atom. The zero-order chi connectivity index (χ0) is 9.26. The van der Waals surface area contributed by atoms with Crippen LogP contribution in [0.25, 0.3) is 0 Å². The topological polar surface area (TPSA) is 13.7 Å². The van der Waals surface area contributed by atoms with Gasteiger partial charge in [0, 0.05) is 13.5 Å². The normalized spacial score (nSPS) is 22.2. The van der Waals surface area contributed by atoms with E-state index in [1.807, 2.05) is 19.2 Å². The molecule has 1 aliphatic rings. The molecule has 0 amide bonds. The maximum absolute atomic E-state index is 5.76. The van der Waals surface area contributed by atoms with Crippen LogP contribution >= 0.6 is 0 Å². The number of nitrogens with one attached hydrogen (secondary N) is 1. The molecule has 0 bridgehead atoms. The van der Waals surface area contributed by atoms with E-state index in [0.29, 0.717) is 6.10 Å². The molecule has 2 heteroatoms. The molecule has 0 spiro atoms. The highest BCUT2D eigenvalue weighted by Crippen LogP contribution is 2.27. The first-order valence-corrected chi connectivity index (χ1v) is 4.64. The van der Waals surface area contributed by atoms with Crippen LogP contribution in [-0.4, -0.2) is 19.7 Å². The molecule has 0 saturated heterocycles. The van der Waals surface area contributed by atoms with Crippen LogP contribution in [0.4, 0.5) is 0 Å². The lowest BCUT2D eigenvalue weighted by Gasteiger charge is -2.18. The lowest BCUT2D eigenvalue weighted by molar-refractivity contribution is -0.834. The second-order valence-corrected chi connectivity index (χ2v) is 3.71. The number of rotatable bonds is 2. The minimum atomic E-state index is 0.315. The largest absolute Gasteiger partial charge is 0.484 e. The van der Waals surface area contributed by atoms with Gasteiger partial charge in [0.15, 0.2) is 0 Å². The van der Waals surface area contributed by atoms with Crippen molar-refractivity contribution in [2.75, 3.05) is 13.6 Å². The van der Waals surface area contributed by atoms with Gasteiger partial charge in [0.2, 0.25) is 0 Å². The Hall–Kier alpha value is -1.02. The van der Waals surface area contributed by atoms with E-state index in [1.54, 1.807) is 0 Å². The minimum absolute atomic E-state index is 0.315. The summed E-state index contributed by atoms with van der Waals surface area (Å²) in [6, 6.07) is 8.24. The molecule has 13 heavy (non-hydrogen) atoms. The predicted molar refractivity (Wildman–Crippen MR) is 51.7 cm³/mol. The second kappa shape index (κ2) is 3.38. The number of benzene rings is 1. The van der Waals surface area contributed by atoms with Gasteiger partial charge in [0.05, 0.1) is 6.54 Å². The van der Waals surface area contributed by atoms with Crippen molar-refractivity contribution in [3.63, 3.8) is 0 Å². The Morgan fingerprint density at radius 2 is 2.31 bits per heavy atom. The van der Waals surface area contributed by atoms with Crippen LogP contribution in [0.2, 0.25) is 0 Å². The molecular weight excluding hydrogens is 162 g/mol. The molecule has 1 aliphatic heterocycles. The second-order valence-electron chi connectivity index (χ2n) is 3.71. The first-order chi connectivity index (χ1) is 6.25. The molecule has 70 valence electrons. The van der Waals surface area contributed by atoms with E-state index in [0.717, 1.165) is 18.7 Å². The summed E-state index contributed by atoms with van der Waals surface area (Å²) in [5.41, 5.74) is 1.33. The van der Waals surface area contributed by atoms with Crippen molar-refractivity contribution in [1.29, 1.82) is 0 Å². The van der Waals surface area contributed by atoms with Crippen LogP contribution in [-0.2, 0) is 6.42 Å². The molecule has 0 radical (unpaired) electrons. The van der Waals surface area contributed by atoms with E-state index < -0.39 is 0 Å². The van der Waals surface area contributed by atoms with Crippen molar-refractivity contribution in [2.45, 2.75) is 12.5 Å². The van der Waals surface area contributed by atoms with Gasteiger partial charge in [-0.15, -0.1) is 0 Å². The van der Waals surface area contributed by atoms with Crippen molar-refractivity contribution in [1.82, 2.24) is 0 Å². The van der Waals surface area contributed by atoms with Crippen molar-refractivity contribution in [3.8, 4) is 5.75 Å². The molecule has 0 aromatic heterocycles.